The molecule has 0 radical (unpaired) electrons. The summed E-state index contributed by atoms with van der Waals surface area (Å²) in [4.78, 5) is 27.6. The van der Waals surface area contributed by atoms with Gasteiger partial charge in [-0.05, 0) is 19.1 Å². The maximum atomic E-state index is 13.6. The molecule has 2 aromatic rings. The fraction of sp³-hybridized carbons (Fsp3) is 0.167. The molecule has 6 heteroatoms. The van der Waals surface area contributed by atoms with Gasteiger partial charge in [0, 0.05) is 5.56 Å². The third kappa shape index (κ3) is 2.17. The van der Waals surface area contributed by atoms with Crippen molar-refractivity contribution in [2.75, 3.05) is 6.61 Å². The number of benzene rings is 1. The standard InChI is InChI=1S/C12H11FN2O3/c1-2-18-11(16)10-9(14-12(17)15-10)7-5-3-4-6-8(7)13/h3-6H,2H2,1H3,(H2,14,15,17). The monoisotopic (exact) mass is 250 g/mol. The largest absolute Gasteiger partial charge is 0.461 e. The van der Waals surface area contributed by atoms with Crippen molar-refractivity contribution in [3.63, 3.8) is 0 Å². The summed E-state index contributed by atoms with van der Waals surface area (Å²) in [5, 5.41) is 0. The number of aromatic nitrogens is 2. The number of rotatable bonds is 3. The Morgan fingerprint density at radius 2 is 2.06 bits per heavy atom. The fourth-order valence-electron chi connectivity index (χ4n) is 1.61. The van der Waals surface area contributed by atoms with E-state index in [0.29, 0.717) is 0 Å². The first kappa shape index (κ1) is 12.1. The predicted octanol–water partition coefficient (Wildman–Crippen LogP) is 1.69. The van der Waals surface area contributed by atoms with Gasteiger partial charge in [0.1, 0.15) is 5.82 Å². The van der Waals surface area contributed by atoms with Crippen LogP contribution in [0.15, 0.2) is 29.1 Å². The molecular weight excluding hydrogens is 239 g/mol. The highest BCUT2D eigenvalue weighted by atomic mass is 19.1. The summed E-state index contributed by atoms with van der Waals surface area (Å²) in [7, 11) is 0. The maximum absolute atomic E-state index is 13.6. The molecule has 18 heavy (non-hydrogen) atoms. The van der Waals surface area contributed by atoms with Crippen LogP contribution in [0.25, 0.3) is 11.3 Å². The molecule has 0 aliphatic rings. The topological polar surface area (TPSA) is 75.0 Å². The summed E-state index contributed by atoms with van der Waals surface area (Å²) in [5.41, 5.74) is -0.432. The fourth-order valence-corrected chi connectivity index (χ4v) is 1.61. The summed E-state index contributed by atoms with van der Waals surface area (Å²) < 4.78 is 18.4. The smallest absolute Gasteiger partial charge is 0.357 e. The third-order valence-corrected chi connectivity index (χ3v) is 2.35. The average molecular weight is 250 g/mol. The molecule has 1 aromatic carbocycles. The minimum absolute atomic E-state index is 0.0769. The molecule has 2 rings (SSSR count). The molecule has 0 saturated heterocycles. The summed E-state index contributed by atoms with van der Waals surface area (Å²) in [6.45, 7) is 1.81. The quantitative estimate of drug-likeness (QED) is 0.814. The zero-order valence-electron chi connectivity index (χ0n) is 9.62. The summed E-state index contributed by atoms with van der Waals surface area (Å²) in [5.74, 6) is -1.23. The molecule has 0 aliphatic carbocycles. The van der Waals surface area contributed by atoms with Crippen LogP contribution in [-0.2, 0) is 4.74 Å². The molecule has 0 unspecified atom stereocenters. The lowest BCUT2D eigenvalue weighted by molar-refractivity contribution is 0.0521. The number of halogens is 1. The van der Waals surface area contributed by atoms with E-state index >= 15 is 0 Å². The molecule has 0 atom stereocenters. The zero-order valence-corrected chi connectivity index (χ0v) is 9.62. The Bertz CT molecular complexity index is 630. The molecule has 5 nitrogen and oxygen atoms in total. The Balaban J connectivity index is 2.55. The van der Waals surface area contributed by atoms with Crippen molar-refractivity contribution in [1.29, 1.82) is 0 Å². The number of esters is 1. The van der Waals surface area contributed by atoms with Gasteiger partial charge in [0.25, 0.3) is 0 Å². The molecule has 0 bridgehead atoms. The Hall–Kier alpha value is -2.37. The second kappa shape index (κ2) is 4.87. The van der Waals surface area contributed by atoms with Gasteiger partial charge >= 0.3 is 11.7 Å². The minimum atomic E-state index is -0.700. The van der Waals surface area contributed by atoms with E-state index in [-0.39, 0.29) is 23.6 Å². The van der Waals surface area contributed by atoms with Crippen molar-refractivity contribution in [2.45, 2.75) is 6.92 Å². The maximum Gasteiger partial charge on any atom is 0.357 e. The highest BCUT2D eigenvalue weighted by molar-refractivity contribution is 5.94. The van der Waals surface area contributed by atoms with Crippen LogP contribution in [0.2, 0.25) is 0 Å². The number of imidazole rings is 1. The average Bonchev–Trinajstić information content (AvgIpc) is 2.72. The highest BCUT2D eigenvalue weighted by Gasteiger charge is 2.19. The number of aromatic amines is 2. The van der Waals surface area contributed by atoms with E-state index in [2.05, 4.69) is 9.97 Å². The van der Waals surface area contributed by atoms with Crippen molar-refractivity contribution >= 4 is 5.97 Å². The van der Waals surface area contributed by atoms with Gasteiger partial charge in [-0.3, -0.25) is 4.98 Å². The van der Waals surface area contributed by atoms with Crippen molar-refractivity contribution < 1.29 is 13.9 Å². The minimum Gasteiger partial charge on any atom is -0.461 e. The van der Waals surface area contributed by atoms with Crippen molar-refractivity contribution in [1.82, 2.24) is 9.97 Å². The Morgan fingerprint density at radius 3 is 2.72 bits per heavy atom. The SMILES string of the molecule is CCOC(=O)c1[nH]c(=O)[nH]c1-c1ccccc1F. The second-order valence-electron chi connectivity index (χ2n) is 3.53. The molecule has 0 aliphatic heterocycles. The molecule has 0 saturated carbocycles. The number of hydrogen-bond acceptors (Lipinski definition) is 3. The van der Waals surface area contributed by atoms with E-state index in [0.717, 1.165) is 0 Å². The van der Waals surface area contributed by atoms with Crippen LogP contribution in [0.1, 0.15) is 17.4 Å². The molecule has 1 heterocycles. The first-order valence-corrected chi connectivity index (χ1v) is 5.37. The number of hydrogen-bond donors (Lipinski definition) is 2. The van der Waals surface area contributed by atoms with Gasteiger partial charge in [-0.25, -0.2) is 14.0 Å². The van der Waals surface area contributed by atoms with Gasteiger partial charge in [0.15, 0.2) is 5.69 Å². The lowest BCUT2D eigenvalue weighted by Gasteiger charge is -2.04. The van der Waals surface area contributed by atoms with Gasteiger partial charge in [-0.1, -0.05) is 12.1 Å². The predicted molar refractivity (Wildman–Crippen MR) is 62.8 cm³/mol. The van der Waals surface area contributed by atoms with E-state index in [1.807, 2.05) is 0 Å². The van der Waals surface area contributed by atoms with Crippen LogP contribution in [0.5, 0.6) is 0 Å². The molecule has 94 valence electrons. The number of H-pyrrole nitrogens is 2. The Kier molecular flexibility index (Phi) is 3.27. The number of carbonyl (C=O) groups is 1. The van der Waals surface area contributed by atoms with E-state index in [1.165, 1.54) is 18.2 Å². The lowest BCUT2D eigenvalue weighted by Crippen LogP contribution is -2.08. The Labute approximate surface area is 102 Å². The number of ether oxygens (including phenoxy) is 1. The van der Waals surface area contributed by atoms with Gasteiger partial charge in [-0.2, -0.15) is 0 Å². The summed E-state index contributed by atoms with van der Waals surface area (Å²) in [6.07, 6.45) is 0. The van der Waals surface area contributed by atoms with E-state index in [1.54, 1.807) is 13.0 Å². The number of nitrogens with one attached hydrogen (secondary N) is 2. The number of carbonyl (C=O) groups excluding carboxylic acids is 1. The van der Waals surface area contributed by atoms with E-state index < -0.39 is 17.5 Å². The highest BCUT2D eigenvalue weighted by Crippen LogP contribution is 2.22. The van der Waals surface area contributed by atoms with Gasteiger partial charge < -0.3 is 9.72 Å². The Morgan fingerprint density at radius 1 is 1.33 bits per heavy atom. The van der Waals surface area contributed by atoms with Crippen LogP contribution in [0, 0.1) is 5.82 Å². The molecule has 2 N–H and O–H groups in total. The second-order valence-corrected chi connectivity index (χ2v) is 3.53. The summed E-state index contributed by atoms with van der Waals surface area (Å²) in [6, 6.07) is 5.85. The summed E-state index contributed by atoms with van der Waals surface area (Å²) >= 11 is 0. The molecule has 0 fully saturated rings. The van der Waals surface area contributed by atoms with Crippen LogP contribution in [-0.4, -0.2) is 22.5 Å². The van der Waals surface area contributed by atoms with Crippen LogP contribution < -0.4 is 5.69 Å². The van der Waals surface area contributed by atoms with Gasteiger partial charge in [-0.15, -0.1) is 0 Å². The normalized spacial score (nSPS) is 10.3. The molecule has 0 amide bonds. The first-order valence-electron chi connectivity index (χ1n) is 5.37. The van der Waals surface area contributed by atoms with E-state index in [4.69, 9.17) is 4.74 Å². The molecule has 0 spiro atoms. The van der Waals surface area contributed by atoms with Crippen molar-refractivity contribution in [3.8, 4) is 11.3 Å². The van der Waals surface area contributed by atoms with Gasteiger partial charge in [0.05, 0.1) is 12.3 Å². The van der Waals surface area contributed by atoms with Crippen LogP contribution >= 0.6 is 0 Å². The first-order chi connectivity index (χ1) is 8.63. The molecule has 1 aromatic heterocycles. The van der Waals surface area contributed by atoms with Crippen LogP contribution in [0.3, 0.4) is 0 Å². The van der Waals surface area contributed by atoms with E-state index in [9.17, 15) is 14.0 Å². The van der Waals surface area contributed by atoms with Crippen molar-refractivity contribution in [2.24, 2.45) is 0 Å². The van der Waals surface area contributed by atoms with Crippen LogP contribution in [0.4, 0.5) is 4.39 Å². The zero-order chi connectivity index (χ0) is 13.1. The van der Waals surface area contributed by atoms with Gasteiger partial charge in [0.2, 0.25) is 0 Å². The van der Waals surface area contributed by atoms with Crippen molar-refractivity contribution in [3.05, 3.63) is 46.3 Å². The molecular formula is C12H11FN2O3. The third-order valence-electron chi connectivity index (χ3n) is 2.35. The lowest BCUT2D eigenvalue weighted by atomic mass is 10.1.